The lowest BCUT2D eigenvalue weighted by atomic mass is 10.1. The van der Waals surface area contributed by atoms with Gasteiger partial charge >= 0.3 is 0 Å². The van der Waals surface area contributed by atoms with Gasteiger partial charge < -0.3 is 5.32 Å². The first-order valence-electron chi connectivity index (χ1n) is 6.83. The third kappa shape index (κ3) is 3.07. The van der Waals surface area contributed by atoms with Crippen molar-refractivity contribution in [3.8, 4) is 5.69 Å². The molecule has 1 aromatic carbocycles. The Morgan fingerprint density at radius 3 is 2.95 bits per heavy atom. The Morgan fingerprint density at radius 2 is 2.21 bits per heavy atom. The van der Waals surface area contributed by atoms with Crippen LogP contribution in [0.2, 0.25) is 0 Å². The molecular weight excluding hydrogens is 302 g/mol. The Bertz CT molecular complexity index is 573. The number of hydrogen-bond donors (Lipinski definition) is 1. The van der Waals surface area contributed by atoms with Gasteiger partial charge in [-0.3, -0.25) is 0 Å². The number of nitrogens with one attached hydrogen (secondary N) is 1. The van der Waals surface area contributed by atoms with E-state index >= 15 is 0 Å². The van der Waals surface area contributed by atoms with Crippen molar-refractivity contribution < 1.29 is 0 Å². The number of rotatable bonds is 5. The van der Waals surface area contributed by atoms with E-state index in [1.54, 1.807) is 0 Å². The van der Waals surface area contributed by atoms with E-state index in [9.17, 15) is 0 Å². The maximum absolute atomic E-state index is 4.66. The fraction of sp³-hybridized carbons (Fsp3) is 0.400. The first-order valence-corrected chi connectivity index (χ1v) is 7.62. The van der Waals surface area contributed by atoms with E-state index in [2.05, 4.69) is 57.5 Å². The van der Waals surface area contributed by atoms with Crippen molar-refractivity contribution >= 4 is 15.9 Å². The van der Waals surface area contributed by atoms with E-state index in [0.717, 1.165) is 29.2 Å². The first-order chi connectivity index (χ1) is 9.26. The van der Waals surface area contributed by atoms with Crippen molar-refractivity contribution in [3.63, 3.8) is 0 Å². The highest BCUT2D eigenvalue weighted by molar-refractivity contribution is 9.10. The second-order valence-corrected chi connectivity index (χ2v) is 5.95. The molecule has 1 aliphatic rings. The van der Waals surface area contributed by atoms with Crippen LogP contribution in [0.15, 0.2) is 34.9 Å². The molecule has 1 aromatic heterocycles. The topological polar surface area (TPSA) is 29.9 Å². The summed E-state index contributed by atoms with van der Waals surface area (Å²) in [6.07, 6.45) is 5.68. The molecule has 1 fully saturated rings. The molecule has 0 bridgehead atoms. The molecule has 4 heteroatoms. The molecule has 100 valence electrons. The lowest BCUT2D eigenvalue weighted by Gasteiger charge is -2.08. The van der Waals surface area contributed by atoms with Gasteiger partial charge in [0.25, 0.3) is 0 Å². The van der Waals surface area contributed by atoms with Gasteiger partial charge in [-0.05, 0) is 49.1 Å². The van der Waals surface area contributed by atoms with Crippen LogP contribution in [0.4, 0.5) is 0 Å². The molecule has 0 unspecified atom stereocenters. The Balaban J connectivity index is 1.80. The summed E-state index contributed by atoms with van der Waals surface area (Å²) < 4.78 is 3.10. The smallest absolute Gasteiger partial charge is 0.0766 e. The summed E-state index contributed by atoms with van der Waals surface area (Å²) in [7, 11) is 0. The second kappa shape index (κ2) is 5.47. The quantitative estimate of drug-likeness (QED) is 0.914. The van der Waals surface area contributed by atoms with E-state index < -0.39 is 0 Å². The third-order valence-electron chi connectivity index (χ3n) is 3.46. The van der Waals surface area contributed by atoms with Gasteiger partial charge in [-0.15, -0.1) is 0 Å². The minimum Gasteiger partial charge on any atom is -0.308 e. The number of halogens is 1. The molecular formula is C15H18BrN3. The minimum atomic E-state index is 0.726. The summed E-state index contributed by atoms with van der Waals surface area (Å²) in [5.74, 6) is 0. The van der Waals surface area contributed by atoms with Crippen LogP contribution in [0.3, 0.4) is 0 Å². The summed E-state index contributed by atoms with van der Waals surface area (Å²) in [6.45, 7) is 3.04. The zero-order chi connectivity index (χ0) is 13.2. The molecule has 2 aromatic rings. The van der Waals surface area contributed by atoms with E-state index in [4.69, 9.17) is 0 Å². The Kier molecular flexibility index (Phi) is 3.71. The SMILES string of the molecule is CCc1cc(Br)ccc1-n1ccc(CNC2CC2)n1. The van der Waals surface area contributed by atoms with Crippen LogP contribution < -0.4 is 5.32 Å². The fourth-order valence-corrected chi connectivity index (χ4v) is 2.60. The van der Waals surface area contributed by atoms with Gasteiger partial charge in [0.05, 0.1) is 11.4 Å². The highest BCUT2D eigenvalue weighted by Crippen LogP contribution is 2.21. The van der Waals surface area contributed by atoms with Crippen LogP contribution in [-0.2, 0) is 13.0 Å². The molecule has 0 spiro atoms. The highest BCUT2D eigenvalue weighted by Gasteiger charge is 2.20. The molecule has 0 radical (unpaired) electrons. The van der Waals surface area contributed by atoms with Crippen molar-refractivity contribution in [2.24, 2.45) is 0 Å². The summed E-state index contributed by atoms with van der Waals surface area (Å²) >= 11 is 3.52. The molecule has 1 aliphatic carbocycles. The minimum absolute atomic E-state index is 0.726. The standard InChI is InChI=1S/C15H18BrN3/c1-2-11-9-12(16)3-6-15(11)19-8-7-14(18-19)10-17-13-4-5-13/h3,6-9,13,17H,2,4-5,10H2,1H3. The van der Waals surface area contributed by atoms with E-state index in [-0.39, 0.29) is 0 Å². The lowest BCUT2D eigenvalue weighted by Crippen LogP contribution is -2.15. The molecule has 0 saturated heterocycles. The van der Waals surface area contributed by atoms with Crippen molar-refractivity contribution in [2.45, 2.75) is 38.8 Å². The first kappa shape index (κ1) is 12.9. The molecule has 1 N–H and O–H groups in total. The number of aryl methyl sites for hydroxylation is 1. The summed E-state index contributed by atoms with van der Waals surface area (Å²) in [5, 5.41) is 8.15. The van der Waals surface area contributed by atoms with Gasteiger partial charge in [0, 0.05) is 23.3 Å². The molecule has 3 nitrogen and oxygen atoms in total. The van der Waals surface area contributed by atoms with Gasteiger partial charge in [-0.2, -0.15) is 5.10 Å². The van der Waals surface area contributed by atoms with Gasteiger partial charge in [0.2, 0.25) is 0 Å². The number of benzene rings is 1. The molecule has 1 saturated carbocycles. The van der Waals surface area contributed by atoms with Gasteiger partial charge in [0.1, 0.15) is 0 Å². The largest absolute Gasteiger partial charge is 0.308 e. The summed E-state index contributed by atoms with van der Waals surface area (Å²) in [4.78, 5) is 0. The summed E-state index contributed by atoms with van der Waals surface area (Å²) in [5.41, 5.74) is 3.58. The van der Waals surface area contributed by atoms with Crippen molar-refractivity contribution in [1.82, 2.24) is 15.1 Å². The Hall–Kier alpha value is -1.13. The predicted molar refractivity (Wildman–Crippen MR) is 80.5 cm³/mol. The van der Waals surface area contributed by atoms with Crippen LogP contribution in [0.5, 0.6) is 0 Å². The molecule has 0 amide bonds. The van der Waals surface area contributed by atoms with Crippen molar-refractivity contribution in [2.75, 3.05) is 0 Å². The average Bonchev–Trinajstić information content (AvgIpc) is 3.14. The van der Waals surface area contributed by atoms with Crippen LogP contribution in [0, 0.1) is 0 Å². The normalized spacial score (nSPS) is 14.8. The maximum Gasteiger partial charge on any atom is 0.0766 e. The zero-order valence-electron chi connectivity index (χ0n) is 11.1. The molecule has 3 rings (SSSR count). The molecule has 19 heavy (non-hydrogen) atoms. The number of hydrogen-bond acceptors (Lipinski definition) is 2. The van der Waals surface area contributed by atoms with Crippen LogP contribution in [-0.4, -0.2) is 15.8 Å². The third-order valence-corrected chi connectivity index (χ3v) is 3.96. The van der Waals surface area contributed by atoms with Crippen LogP contribution >= 0.6 is 15.9 Å². The number of nitrogens with zero attached hydrogens (tertiary/aromatic N) is 2. The van der Waals surface area contributed by atoms with Crippen molar-refractivity contribution in [3.05, 3.63) is 46.2 Å². The summed E-state index contributed by atoms with van der Waals surface area (Å²) in [6, 6.07) is 9.17. The van der Waals surface area contributed by atoms with E-state index in [0.29, 0.717) is 0 Å². The van der Waals surface area contributed by atoms with Crippen LogP contribution in [0.1, 0.15) is 31.0 Å². The zero-order valence-corrected chi connectivity index (χ0v) is 12.7. The predicted octanol–water partition coefficient (Wildman–Crippen LogP) is 3.45. The number of aromatic nitrogens is 2. The Morgan fingerprint density at radius 1 is 1.37 bits per heavy atom. The monoisotopic (exact) mass is 319 g/mol. The van der Waals surface area contributed by atoms with Gasteiger partial charge in [0.15, 0.2) is 0 Å². The second-order valence-electron chi connectivity index (χ2n) is 5.03. The highest BCUT2D eigenvalue weighted by atomic mass is 79.9. The fourth-order valence-electron chi connectivity index (χ4n) is 2.19. The lowest BCUT2D eigenvalue weighted by molar-refractivity contribution is 0.664. The molecule has 1 heterocycles. The van der Waals surface area contributed by atoms with E-state index in [1.807, 2.05) is 10.9 Å². The Labute approximate surface area is 122 Å². The van der Waals surface area contributed by atoms with E-state index in [1.165, 1.54) is 24.1 Å². The van der Waals surface area contributed by atoms with Crippen molar-refractivity contribution in [1.29, 1.82) is 0 Å². The van der Waals surface area contributed by atoms with Crippen LogP contribution in [0.25, 0.3) is 5.69 Å². The van der Waals surface area contributed by atoms with Gasteiger partial charge in [-0.1, -0.05) is 22.9 Å². The maximum atomic E-state index is 4.66. The van der Waals surface area contributed by atoms with Gasteiger partial charge in [-0.25, -0.2) is 4.68 Å². The average molecular weight is 320 g/mol. The molecule has 0 atom stereocenters. The molecule has 0 aliphatic heterocycles.